The molecule has 4 rings (SSSR count). The van der Waals surface area contributed by atoms with Crippen LogP contribution in [0.25, 0.3) is 11.1 Å². The number of nitrogens with zero attached hydrogens (tertiary/aromatic N) is 2. The lowest BCUT2D eigenvalue weighted by Crippen LogP contribution is -2.35. The molecule has 6 nitrogen and oxygen atoms in total. The predicted octanol–water partition coefficient (Wildman–Crippen LogP) is 5.70. The largest absolute Gasteiger partial charge is 0.462 e. The first-order valence-corrected chi connectivity index (χ1v) is 11.9. The number of alkyl halides is 6. The van der Waals surface area contributed by atoms with Gasteiger partial charge in [0, 0.05) is 11.1 Å². The molecule has 0 bridgehead atoms. The number of carbonyl (C=O) groups is 1. The first-order chi connectivity index (χ1) is 17.3. The molecule has 0 saturated heterocycles. The topological polar surface area (TPSA) is 73.2 Å². The summed E-state index contributed by atoms with van der Waals surface area (Å²) >= 11 is 0. The third-order valence-corrected chi connectivity index (χ3v) is 6.69. The highest BCUT2D eigenvalue weighted by Crippen LogP contribution is 2.40. The first-order valence-electron chi connectivity index (χ1n) is 11.9. The molecule has 2 atom stereocenters. The molecule has 0 fully saturated rings. The van der Waals surface area contributed by atoms with Crippen molar-refractivity contribution in [3.63, 3.8) is 0 Å². The lowest BCUT2D eigenvalue weighted by Gasteiger charge is -2.21. The summed E-state index contributed by atoms with van der Waals surface area (Å²) in [6, 6.07) is -0.501. The number of ether oxygens (including phenoxy) is 1. The van der Waals surface area contributed by atoms with Crippen molar-refractivity contribution in [1.82, 2.24) is 9.66 Å². The Morgan fingerprint density at radius 1 is 1.19 bits per heavy atom. The maximum absolute atomic E-state index is 13.5. The van der Waals surface area contributed by atoms with E-state index in [2.05, 4.69) is 10.4 Å². The van der Waals surface area contributed by atoms with Crippen molar-refractivity contribution in [3.05, 3.63) is 62.9 Å². The van der Waals surface area contributed by atoms with E-state index in [0.717, 1.165) is 16.8 Å². The zero-order valence-electron chi connectivity index (χ0n) is 20.1. The van der Waals surface area contributed by atoms with E-state index in [-0.39, 0.29) is 55.8 Å². The summed E-state index contributed by atoms with van der Waals surface area (Å²) in [5.74, 6) is -2.53. The van der Waals surface area contributed by atoms with Gasteiger partial charge in [-0.25, -0.2) is 14.5 Å². The zero-order valence-corrected chi connectivity index (χ0v) is 20.1. The molecule has 1 aromatic heterocycles. The summed E-state index contributed by atoms with van der Waals surface area (Å²) in [5.41, 5.74) is 2.46. The molecule has 2 aliphatic carbocycles. The van der Waals surface area contributed by atoms with Gasteiger partial charge in [0.25, 0.3) is 5.56 Å². The Hall–Kier alpha value is -3.31. The van der Waals surface area contributed by atoms with E-state index in [4.69, 9.17) is 4.74 Å². The highest BCUT2D eigenvalue weighted by atomic mass is 19.4. The van der Waals surface area contributed by atoms with Crippen molar-refractivity contribution >= 4 is 17.1 Å². The number of nitrogens with one attached hydrogen (secondary N) is 1. The second kappa shape index (κ2) is 9.86. The zero-order chi connectivity index (χ0) is 27.1. The number of esters is 1. The van der Waals surface area contributed by atoms with Crippen LogP contribution in [0.2, 0.25) is 0 Å². The molecule has 1 aliphatic heterocycles. The number of hydrogen-bond donors (Lipinski definition) is 1. The molecular formula is C25H25F6N3O3. The Morgan fingerprint density at radius 3 is 2.51 bits per heavy atom. The van der Waals surface area contributed by atoms with E-state index in [1.807, 2.05) is 0 Å². The molecule has 2 heterocycles. The van der Waals surface area contributed by atoms with E-state index in [0.29, 0.717) is 11.1 Å². The number of rotatable bonds is 3. The van der Waals surface area contributed by atoms with E-state index in [1.165, 1.54) is 12.2 Å². The second-order valence-corrected chi connectivity index (χ2v) is 9.08. The number of fused-ring (bicyclic) bond motifs is 1. The standard InChI is InChI=1S/C25H25F6N3O3/c1-3-37-23(36)19-20(15-5-4-6-16(12-9-15)24(26,27)28)32-21-18(13(2)33-34(21)22(19)35)14-7-10-17(11-8-14)25(29,30)31/h4-6,10,13,16,33H,3,7-9,11-12H2,1-2H3/b18-14-. The van der Waals surface area contributed by atoms with Crippen LogP contribution in [-0.4, -0.2) is 40.6 Å². The molecule has 0 amide bonds. The van der Waals surface area contributed by atoms with Crippen molar-refractivity contribution < 1.29 is 35.9 Å². The Balaban J connectivity index is 1.83. The Kier molecular flexibility index (Phi) is 7.13. The summed E-state index contributed by atoms with van der Waals surface area (Å²) in [7, 11) is 0. The maximum atomic E-state index is 13.5. The number of allylic oxidation sites excluding steroid dienone is 7. The molecule has 2 unspecified atom stereocenters. The lowest BCUT2D eigenvalue weighted by atomic mass is 9.88. The van der Waals surface area contributed by atoms with Crippen LogP contribution < -0.4 is 11.0 Å². The fourth-order valence-electron chi connectivity index (χ4n) is 4.86. The van der Waals surface area contributed by atoms with Gasteiger partial charge in [-0.15, -0.1) is 0 Å². The molecule has 3 aliphatic rings. The molecule has 0 saturated carbocycles. The van der Waals surface area contributed by atoms with Crippen LogP contribution in [0.1, 0.15) is 67.8 Å². The SMILES string of the molecule is CCOC(=O)c1c(C2=CC=CC(C(F)(F)F)CC2)nc2n(c1=O)NC(C)/C2=C1\CC=C(C(F)(F)F)CC1. The van der Waals surface area contributed by atoms with Crippen LogP contribution in [0, 0.1) is 5.92 Å². The van der Waals surface area contributed by atoms with Crippen LogP contribution in [0.5, 0.6) is 0 Å². The molecule has 1 aromatic rings. The van der Waals surface area contributed by atoms with Crippen molar-refractivity contribution in [2.24, 2.45) is 5.92 Å². The van der Waals surface area contributed by atoms with Crippen LogP contribution in [0.15, 0.2) is 40.2 Å². The van der Waals surface area contributed by atoms with Gasteiger partial charge in [0.2, 0.25) is 0 Å². The summed E-state index contributed by atoms with van der Waals surface area (Å²) in [6.45, 7) is 3.22. The number of halogens is 6. The highest BCUT2D eigenvalue weighted by molar-refractivity contribution is 5.95. The van der Waals surface area contributed by atoms with Crippen LogP contribution in [-0.2, 0) is 4.74 Å². The van der Waals surface area contributed by atoms with Crippen molar-refractivity contribution in [2.45, 2.75) is 64.3 Å². The second-order valence-electron chi connectivity index (χ2n) is 9.08. The van der Waals surface area contributed by atoms with Gasteiger partial charge in [-0.3, -0.25) is 4.79 Å². The Bertz CT molecular complexity index is 1280. The van der Waals surface area contributed by atoms with E-state index < -0.39 is 47.0 Å². The van der Waals surface area contributed by atoms with Crippen LogP contribution >= 0.6 is 0 Å². The summed E-state index contributed by atoms with van der Waals surface area (Å²) < 4.78 is 85.3. The third kappa shape index (κ3) is 5.24. The maximum Gasteiger partial charge on any atom is 0.412 e. The predicted molar refractivity (Wildman–Crippen MR) is 124 cm³/mol. The summed E-state index contributed by atoms with van der Waals surface area (Å²) in [4.78, 5) is 30.8. The number of aromatic nitrogens is 2. The van der Waals surface area contributed by atoms with E-state index in [1.54, 1.807) is 13.8 Å². The normalized spacial score (nSPS) is 24.1. The monoisotopic (exact) mass is 529 g/mol. The van der Waals surface area contributed by atoms with Gasteiger partial charge < -0.3 is 10.2 Å². The van der Waals surface area contributed by atoms with Gasteiger partial charge in [-0.05, 0) is 51.5 Å². The summed E-state index contributed by atoms with van der Waals surface area (Å²) in [5, 5.41) is 0. The van der Waals surface area contributed by atoms with E-state index >= 15 is 0 Å². The molecular weight excluding hydrogens is 504 g/mol. The van der Waals surface area contributed by atoms with Crippen LogP contribution in [0.3, 0.4) is 0 Å². The van der Waals surface area contributed by atoms with Gasteiger partial charge in [0.1, 0.15) is 0 Å². The minimum Gasteiger partial charge on any atom is -0.462 e. The van der Waals surface area contributed by atoms with E-state index in [9.17, 15) is 35.9 Å². The van der Waals surface area contributed by atoms with Crippen molar-refractivity contribution in [2.75, 3.05) is 12.0 Å². The average Bonchev–Trinajstić information content (AvgIpc) is 2.97. The average molecular weight is 529 g/mol. The molecule has 37 heavy (non-hydrogen) atoms. The fraction of sp³-hybridized carbons (Fsp3) is 0.480. The first kappa shape index (κ1) is 26.7. The number of hydrogen-bond acceptors (Lipinski definition) is 5. The minimum absolute atomic E-state index is 0.0136. The minimum atomic E-state index is -4.45. The Morgan fingerprint density at radius 2 is 1.92 bits per heavy atom. The van der Waals surface area contributed by atoms with Crippen LogP contribution in [0.4, 0.5) is 26.3 Å². The van der Waals surface area contributed by atoms with Gasteiger partial charge in [0.15, 0.2) is 11.4 Å². The lowest BCUT2D eigenvalue weighted by molar-refractivity contribution is -0.162. The molecule has 12 heteroatoms. The fourth-order valence-corrected chi connectivity index (χ4v) is 4.86. The van der Waals surface area contributed by atoms with Crippen molar-refractivity contribution in [1.29, 1.82) is 0 Å². The van der Waals surface area contributed by atoms with Gasteiger partial charge in [-0.1, -0.05) is 29.9 Å². The summed E-state index contributed by atoms with van der Waals surface area (Å²) in [6.07, 6.45) is -4.62. The molecule has 200 valence electrons. The number of carbonyl (C=O) groups excluding carboxylic acids is 1. The van der Waals surface area contributed by atoms with Gasteiger partial charge in [0.05, 0.1) is 24.3 Å². The van der Waals surface area contributed by atoms with Crippen molar-refractivity contribution in [3.8, 4) is 0 Å². The Labute approximate surface area is 208 Å². The van der Waals surface area contributed by atoms with Gasteiger partial charge in [-0.2, -0.15) is 26.3 Å². The highest BCUT2D eigenvalue weighted by Gasteiger charge is 2.40. The molecule has 0 aromatic carbocycles. The van der Waals surface area contributed by atoms with Gasteiger partial charge >= 0.3 is 18.3 Å². The molecule has 0 spiro atoms. The quantitative estimate of drug-likeness (QED) is 0.309. The third-order valence-electron chi connectivity index (χ3n) is 6.69. The molecule has 1 N–H and O–H groups in total. The molecule has 0 radical (unpaired) electrons. The smallest absolute Gasteiger partial charge is 0.412 e.